The number of hydrogen-bond donors (Lipinski definition) is 1. The number of ether oxygens (including phenoxy) is 1. The van der Waals surface area contributed by atoms with Crippen LogP contribution in [0, 0.1) is 6.92 Å². The summed E-state index contributed by atoms with van der Waals surface area (Å²) in [5.74, 6) is 0.997. The Morgan fingerprint density at radius 3 is 2.63 bits per heavy atom. The fraction of sp³-hybridized carbons (Fsp3) is 0.562. The van der Waals surface area contributed by atoms with E-state index < -0.39 is 0 Å². The monoisotopic (exact) mass is 263 g/mol. The highest BCUT2D eigenvalue weighted by molar-refractivity contribution is 5.76. The molecule has 0 fully saturated rings. The average molecular weight is 263 g/mol. The van der Waals surface area contributed by atoms with Crippen LogP contribution in [0.15, 0.2) is 24.3 Å². The smallest absolute Gasteiger partial charge is 0.220 e. The van der Waals surface area contributed by atoms with Crippen molar-refractivity contribution < 1.29 is 9.53 Å². The first-order valence-corrected chi connectivity index (χ1v) is 6.94. The molecule has 0 aliphatic heterocycles. The molecule has 0 aromatic heterocycles. The first-order chi connectivity index (χ1) is 8.94. The normalized spacial score (nSPS) is 11.2. The third kappa shape index (κ3) is 5.77. The Bertz CT molecular complexity index is 413. The first-order valence-electron chi connectivity index (χ1n) is 6.94. The molecule has 0 heterocycles. The quantitative estimate of drug-likeness (QED) is 0.765. The molecule has 1 aromatic rings. The van der Waals surface area contributed by atoms with Crippen molar-refractivity contribution in [1.29, 1.82) is 0 Å². The van der Waals surface area contributed by atoms with E-state index in [0.717, 1.165) is 24.2 Å². The maximum absolute atomic E-state index is 11.7. The van der Waals surface area contributed by atoms with E-state index in [2.05, 4.69) is 12.2 Å². The minimum absolute atomic E-state index is 0.0974. The van der Waals surface area contributed by atoms with Crippen LogP contribution in [-0.4, -0.2) is 18.1 Å². The van der Waals surface area contributed by atoms with E-state index in [1.165, 1.54) is 0 Å². The molecule has 0 spiro atoms. The van der Waals surface area contributed by atoms with Crippen LogP contribution in [0.25, 0.3) is 0 Å². The molecule has 19 heavy (non-hydrogen) atoms. The molecule has 0 unspecified atom stereocenters. The Morgan fingerprint density at radius 2 is 2.00 bits per heavy atom. The molecule has 1 rings (SSSR count). The summed E-state index contributed by atoms with van der Waals surface area (Å²) in [5, 5.41) is 3.02. The van der Waals surface area contributed by atoms with Gasteiger partial charge in [0, 0.05) is 12.0 Å². The van der Waals surface area contributed by atoms with Gasteiger partial charge >= 0.3 is 0 Å². The van der Waals surface area contributed by atoms with Gasteiger partial charge in [0.2, 0.25) is 5.91 Å². The first kappa shape index (κ1) is 15.5. The number of carbonyl (C=O) groups is 1. The van der Waals surface area contributed by atoms with Crippen LogP contribution in [0.4, 0.5) is 0 Å². The molecular weight excluding hydrogens is 238 g/mol. The van der Waals surface area contributed by atoms with Crippen molar-refractivity contribution in [2.24, 2.45) is 0 Å². The zero-order valence-electron chi connectivity index (χ0n) is 12.5. The molecule has 1 N–H and O–H groups in total. The van der Waals surface area contributed by atoms with Crippen molar-refractivity contribution in [2.45, 2.75) is 52.5 Å². The lowest BCUT2D eigenvalue weighted by Crippen LogP contribution is -2.42. The lowest BCUT2D eigenvalue weighted by atomic mass is 10.0. The van der Waals surface area contributed by atoms with Crippen LogP contribution in [-0.2, 0) is 4.79 Å². The second kappa shape index (κ2) is 7.17. The highest BCUT2D eigenvalue weighted by Crippen LogP contribution is 2.16. The zero-order chi connectivity index (χ0) is 14.3. The maximum Gasteiger partial charge on any atom is 0.220 e. The molecule has 3 nitrogen and oxygen atoms in total. The van der Waals surface area contributed by atoms with Crippen molar-refractivity contribution in [1.82, 2.24) is 5.32 Å². The van der Waals surface area contributed by atoms with Gasteiger partial charge in [-0.15, -0.1) is 0 Å². The molecule has 0 atom stereocenters. The molecule has 0 bridgehead atoms. The third-order valence-electron chi connectivity index (χ3n) is 3.26. The Labute approximate surface area is 116 Å². The molecule has 106 valence electrons. The summed E-state index contributed by atoms with van der Waals surface area (Å²) in [6, 6.07) is 7.92. The number of hydrogen-bond acceptors (Lipinski definition) is 2. The summed E-state index contributed by atoms with van der Waals surface area (Å²) in [5.41, 5.74) is 1.01. The Morgan fingerprint density at radius 1 is 1.32 bits per heavy atom. The van der Waals surface area contributed by atoms with Gasteiger partial charge < -0.3 is 10.1 Å². The minimum atomic E-state index is -0.117. The van der Waals surface area contributed by atoms with Gasteiger partial charge in [-0.25, -0.2) is 0 Å². The largest absolute Gasteiger partial charge is 0.493 e. The van der Waals surface area contributed by atoms with Gasteiger partial charge in [-0.1, -0.05) is 25.1 Å². The maximum atomic E-state index is 11.7. The summed E-state index contributed by atoms with van der Waals surface area (Å²) >= 11 is 0. The number of aryl methyl sites for hydroxylation is 1. The van der Waals surface area contributed by atoms with E-state index >= 15 is 0 Å². The van der Waals surface area contributed by atoms with Gasteiger partial charge in [0.15, 0.2) is 0 Å². The second-order valence-electron chi connectivity index (χ2n) is 5.50. The number of carbonyl (C=O) groups excluding carboxylic acids is 1. The minimum Gasteiger partial charge on any atom is -0.493 e. The Hall–Kier alpha value is -1.51. The van der Waals surface area contributed by atoms with E-state index in [1.807, 2.05) is 45.0 Å². The summed E-state index contributed by atoms with van der Waals surface area (Å²) in [7, 11) is 0. The predicted octanol–water partition coefficient (Wildman–Crippen LogP) is 3.46. The van der Waals surface area contributed by atoms with Crippen molar-refractivity contribution in [3.63, 3.8) is 0 Å². The third-order valence-corrected chi connectivity index (χ3v) is 3.26. The summed E-state index contributed by atoms with van der Waals surface area (Å²) in [6.07, 6.45) is 2.17. The predicted molar refractivity (Wildman–Crippen MR) is 78.4 cm³/mol. The van der Waals surface area contributed by atoms with E-state index in [-0.39, 0.29) is 11.4 Å². The second-order valence-corrected chi connectivity index (χ2v) is 5.50. The lowest BCUT2D eigenvalue weighted by Gasteiger charge is -2.24. The number of rotatable bonds is 7. The van der Waals surface area contributed by atoms with Crippen molar-refractivity contribution >= 4 is 5.91 Å². The molecule has 3 heteroatoms. The fourth-order valence-corrected chi connectivity index (χ4v) is 1.66. The Balaban J connectivity index is 2.25. The van der Waals surface area contributed by atoms with Crippen LogP contribution in [0.2, 0.25) is 0 Å². The van der Waals surface area contributed by atoms with Gasteiger partial charge in [0.25, 0.3) is 0 Å². The van der Waals surface area contributed by atoms with Crippen LogP contribution in [0.5, 0.6) is 5.75 Å². The fourth-order valence-electron chi connectivity index (χ4n) is 1.66. The topological polar surface area (TPSA) is 38.3 Å². The van der Waals surface area contributed by atoms with Crippen molar-refractivity contribution in [3.05, 3.63) is 29.8 Å². The van der Waals surface area contributed by atoms with E-state index in [0.29, 0.717) is 13.0 Å². The van der Waals surface area contributed by atoms with E-state index in [9.17, 15) is 4.79 Å². The average Bonchev–Trinajstić information content (AvgIpc) is 2.36. The molecular formula is C16H25NO2. The zero-order valence-corrected chi connectivity index (χ0v) is 12.5. The Kier molecular flexibility index (Phi) is 5.87. The SMILES string of the molecule is CCC(C)(C)NC(=O)CCCOc1ccccc1C. The molecule has 0 radical (unpaired) electrons. The number of nitrogens with one attached hydrogen (secondary N) is 1. The highest BCUT2D eigenvalue weighted by atomic mass is 16.5. The molecule has 0 aliphatic carbocycles. The van der Waals surface area contributed by atoms with Gasteiger partial charge in [0.1, 0.15) is 5.75 Å². The van der Waals surface area contributed by atoms with Gasteiger partial charge in [-0.2, -0.15) is 0 Å². The molecule has 0 aliphatic rings. The van der Waals surface area contributed by atoms with Gasteiger partial charge in [-0.3, -0.25) is 4.79 Å². The number of amides is 1. The van der Waals surface area contributed by atoms with Crippen LogP contribution >= 0.6 is 0 Å². The van der Waals surface area contributed by atoms with E-state index in [4.69, 9.17) is 4.74 Å². The summed E-state index contributed by atoms with van der Waals surface area (Å²) in [6.45, 7) is 8.74. The van der Waals surface area contributed by atoms with Crippen LogP contribution in [0.3, 0.4) is 0 Å². The lowest BCUT2D eigenvalue weighted by molar-refractivity contribution is -0.122. The standard InChI is InChI=1S/C16H25NO2/c1-5-16(3,4)17-15(18)11-8-12-19-14-10-7-6-9-13(14)2/h6-7,9-10H,5,8,11-12H2,1-4H3,(H,17,18). The van der Waals surface area contributed by atoms with Gasteiger partial charge in [-0.05, 0) is 45.2 Å². The van der Waals surface area contributed by atoms with Crippen LogP contribution < -0.4 is 10.1 Å². The number of benzene rings is 1. The van der Waals surface area contributed by atoms with Crippen LogP contribution in [0.1, 0.15) is 45.6 Å². The summed E-state index contributed by atoms with van der Waals surface area (Å²) in [4.78, 5) is 11.7. The molecule has 0 saturated heterocycles. The van der Waals surface area contributed by atoms with Crippen molar-refractivity contribution in [2.75, 3.05) is 6.61 Å². The highest BCUT2D eigenvalue weighted by Gasteiger charge is 2.17. The van der Waals surface area contributed by atoms with Gasteiger partial charge in [0.05, 0.1) is 6.61 Å². The van der Waals surface area contributed by atoms with Crippen molar-refractivity contribution in [3.8, 4) is 5.75 Å². The molecule has 1 amide bonds. The molecule has 1 aromatic carbocycles. The summed E-state index contributed by atoms with van der Waals surface area (Å²) < 4.78 is 5.66. The van der Waals surface area contributed by atoms with E-state index in [1.54, 1.807) is 0 Å². The number of para-hydroxylation sites is 1. The molecule has 0 saturated carbocycles.